The van der Waals surface area contributed by atoms with Gasteiger partial charge in [-0.15, -0.1) is 0 Å². The summed E-state index contributed by atoms with van der Waals surface area (Å²) in [5.74, 6) is -8.04. The summed E-state index contributed by atoms with van der Waals surface area (Å²) in [6.45, 7) is -4.22. The van der Waals surface area contributed by atoms with Crippen LogP contribution < -0.4 is 5.43 Å². The highest BCUT2D eigenvalue weighted by Gasteiger charge is 2.26. The third kappa shape index (κ3) is 7.59. The quantitative estimate of drug-likeness (QED) is 0.110. The lowest BCUT2D eigenvalue weighted by atomic mass is 9.89. The molecule has 234 valence electrons. The Morgan fingerprint density at radius 2 is 1.27 bits per heavy atom. The largest absolute Gasteiger partial charge is 0.507 e. The van der Waals surface area contributed by atoms with Crippen molar-refractivity contribution in [2.45, 2.75) is 13.1 Å². The Morgan fingerprint density at radius 1 is 0.733 bits per heavy atom. The van der Waals surface area contributed by atoms with Crippen molar-refractivity contribution < 1.29 is 61.8 Å². The minimum Gasteiger partial charge on any atom is -0.507 e. The van der Waals surface area contributed by atoms with E-state index in [1.54, 1.807) is 0 Å². The number of carboxylic acid groups (broad SMARTS) is 5. The number of aromatic carboxylic acids is 1. The standard InChI is InChI=1S/C30H26N2O13/c33-21-7-23-19(5-15(21)9-31(11-25(35)36)12-26(37)38)29(17-3-1-2-4-18(17)30(43)44)20-6-16(22(34)8-24(20)45-23)10-32(13-27(39)40)14-28(41)42/h1-8,33H,9-14H2,(H,35,36)(H,37,38)(H,39,40)(H,41,42)(H,43,44)/i5D,7D. The predicted octanol–water partition coefficient (Wildman–Crippen LogP) is 1.91. The van der Waals surface area contributed by atoms with E-state index in [1.165, 1.54) is 30.3 Å². The zero-order valence-electron chi connectivity index (χ0n) is 25.1. The number of fused-ring (bicyclic) bond motifs is 2. The average Bonchev–Trinajstić information content (AvgIpc) is 2.96. The minimum atomic E-state index is -1.41. The van der Waals surface area contributed by atoms with Crippen molar-refractivity contribution in [2.24, 2.45) is 0 Å². The highest BCUT2D eigenvalue weighted by atomic mass is 16.4. The highest BCUT2D eigenvalue weighted by Crippen LogP contribution is 2.43. The molecule has 45 heavy (non-hydrogen) atoms. The molecule has 2 aromatic rings. The molecule has 15 heteroatoms. The molecule has 0 spiro atoms. The molecule has 2 aromatic carbocycles. The number of aromatic hydroxyl groups is 1. The third-order valence-corrected chi connectivity index (χ3v) is 6.55. The van der Waals surface area contributed by atoms with Gasteiger partial charge >= 0.3 is 29.8 Å². The van der Waals surface area contributed by atoms with Crippen molar-refractivity contribution in [3.63, 3.8) is 0 Å². The second-order valence-corrected chi connectivity index (χ2v) is 9.93. The van der Waals surface area contributed by atoms with Gasteiger partial charge in [0.15, 0.2) is 5.43 Å². The molecule has 6 N–H and O–H groups in total. The van der Waals surface area contributed by atoms with Crippen molar-refractivity contribution in [1.29, 1.82) is 0 Å². The monoisotopic (exact) mass is 624 g/mol. The van der Waals surface area contributed by atoms with Gasteiger partial charge in [-0.2, -0.15) is 0 Å². The number of carboxylic acids is 5. The Labute approximate surface area is 255 Å². The first-order valence-electron chi connectivity index (χ1n) is 14.0. The van der Waals surface area contributed by atoms with Crippen molar-refractivity contribution >= 4 is 40.8 Å². The topological polar surface area (TPSA) is 243 Å². The number of benzene rings is 3. The van der Waals surface area contributed by atoms with Crippen LogP contribution in [0.2, 0.25) is 0 Å². The summed E-state index contributed by atoms with van der Waals surface area (Å²) in [5.41, 5.74) is -2.04. The first kappa shape index (κ1) is 29.3. The van der Waals surface area contributed by atoms with E-state index >= 15 is 0 Å². The second-order valence-electron chi connectivity index (χ2n) is 9.93. The molecule has 0 fully saturated rings. The number of rotatable bonds is 14. The molecular formula is C30H26N2O13. The van der Waals surface area contributed by atoms with E-state index in [-0.39, 0.29) is 44.5 Å². The lowest BCUT2D eigenvalue weighted by Gasteiger charge is -2.22. The van der Waals surface area contributed by atoms with Crippen LogP contribution in [0.1, 0.15) is 24.2 Å². The number of hydrogen-bond donors (Lipinski definition) is 6. The predicted molar refractivity (Wildman–Crippen MR) is 154 cm³/mol. The van der Waals surface area contributed by atoms with E-state index < -0.39 is 98.0 Å². The maximum atomic E-state index is 13.2. The Bertz CT molecular complexity index is 1940. The van der Waals surface area contributed by atoms with Gasteiger partial charge in [-0.05, 0) is 23.7 Å². The van der Waals surface area contributed by atoms with E-state index in [1.807, 2.05) is 0 Å². The van der Waals surface area contributed by atoms with Crippen LogP contribution in [0.4, 0.5) is 0 Å². The Kier molecular flexibility index (Phi) is 8.61. The molecule has 0 saturated carbocycles. The normalized spacial score (nSPS) is 12.0. The Hall–Kier alpha value is -5.80. The van der Waals surface area contributed by atoms with Gasteiger partial charge < -0.3 is 35.1 Å². The van der Waals surface area contributed by atoms with E-state index in [9.17, 15) is 59.4 Å². The highest BCUT2D eigenvalue weighted by molar-refractivity contribution is 6.07. The zero-order chi connectivity index (χ0) is 34.7. The van der Waals surface area contributed by atoms with Crippen LogP contribution in [-0.4, -0.2) is 96.5 Å². The Balaban J connectivity index is 2.12. The van der Waals surface area contributed by atoms with E-state index in [0.717, 1.165) is 15.9 Å². The number of carbonyl (C=O) groups is 5. The van der Waals surface area contributed by atoms with Crippen LogP contribution in [0.3, 0.4) is 0 Å². The van der Waals surface area contributed by atoms with Crippen LogP contribution in [0.25, 0.3) is 33.4 Å². The molecule has 15 nitrogen and oxygen atoms in total. The van der Waals surface area contributed by atoms with Gasteiger partial charge in [0.05, 0.1) is 34.5 Å². The zero-order valence-corrected chi connectivity index (χ0v) is 23.1. The second kappa shape index (κ2) is 13.2. The van der Waals surface area contributed by atoms with Crippen LogP contribution in [0, 0.1) is 0 Å². The van der Waals surface area contributed by atoms with Gasteiger partial charge in [0.1, 0.15) is 17.1 Å². The molecule has 0 saturated heterocycles. The number of nitrogens with zero attached hydrogens (tertiary/aromatic N) is 2. The van der Waals surface area contributed by atoms with Gasteiger partial charge in [-0.3, -0.25) is 33.8 Å². The SMILES string of the molecule is [2H]c1c(O)c(CN(CC(=O)O)CC(=O)O)c([2H])c2c(-c3ccccc3C(=O)O)c3cc(CN(CC(=O)O)CC(=O)O)c(=O)cc-3oc12. The molecule has 0 bridgehead atoms. The third-order valence-electron chi connectivity index (χ3n) is 6.55. The van der Waals surface area contributed by atoms with Gasteiger partial charge in [-0.1, -0.05) is 18.2 Å². The first-order valence-corrected chi connectivity index (χ1v) is 13.0. The summed E-state index contributed by atoms with van der Waals surface area (Å²) in [6, 6.07) is 6.42. The summed E-state index contributed by atoms with van der Waals surface area (Å²) in [4.78, 5) is 72.9. The van der Waals surface area contributed by atoms with Crippen LogP contribution in [0.15, 0.2) is 57.7 Å². The van der Waals surface area contributed by atoms with E-state index in [4.69, 9.17) is 7.16 Å². The Morgan fingerprint density at radius 3 is 1.80 bits per heavy atom. The number of phenolic OH excluding ortho intramolecular Hbond substituents is 1. The summed E-state index contributed by atoms with van der Waals surface area (Å²) in [7, 11) is 0. The van der Waals surface area contributed by atoms with Crippen molar-refractivity contribution in [3.05, 3.63) is 75.4 Å². The molecule has 0 aromatic heterocycles. The fraction of sp³-hybridized carbons (Fsp3) is 0.200. The summed E-state index contributed by atoms with van der Waals surface area (Å²) in [5, 5.41) is 57.9. The molecule has 0 atom stereocenters. The van der Waals surface area contributed by atoms with Gasteiger partial charge in [0.25, 0.3) is 0 Å². The van der Waals surface area contributed by atoms with E-state index in [0.29, 0.717) is 0 Å². The molecular weight excluding hydrogens is 596 g/mol. The average molecular weight is 625 g/mol. The molecule has 0 amide bonds. The molecule has 1 aliphatic carbocycles. The van der Waals surface area contributed by atoms with Crippen molar-refractivity contribution in [2.75, 3.05) is 26.2 Å². The van der Waals surface area contributed by atoms with Crippen molar-refractivity contribution in [1.82, 2.24) is 9.80 Å². The maximum absolute atomic E-state index is 13.2. The molecule has 1 heterocycles. The maximum Gasteiger partial charge on any atom is 0.336 e. The summed E-state index contributed by atoms with van der Waals surface area (Å²) >= 11 is 0. The van der Waals surface area contributed by atoms with Crippen LogP contribution in [0.5, 0.6) is 5.75 Å². The van der Waals surface area contributed by atoms with Gasteiger partial charge in [0.2, 0.25) is 0 Å². The van der Waals surface area contributed by atoms with Crippen LogP contribution >= 0.6 is 0 Å². The van der Waals surface area contributed by atoms with Crippen molar-refractivity contribution in [3.8, 4) is 28.2 Å². The molecule has 2 aliphatic rings. The molecule has 4 rings (SSSR count). The number of phenols is 1. The summed E-state index contributed by atoms with van der Waals surface area (Å²) < 4.78 is 23.6. The molecule has 1 aliphatic heterocycles. The first-order chi connectivity index (χ1) is 22.1. The van der Waals surface area contributed by atoms with Gasteiger partial charge in [0, 0.05) is 52.8 Å². The molecule has 0 radical (unpaired) electrons. The smallest absolute Gasteiger partial charge is 0.336 e. The van der Waals surface area contributed by atoms with E-state index in [2.05, 4.69) is 0 Å². The minimum absolute atomic E-state index is 0.00358. The van der Waals surface area contributed by atoms with Gasteiger partial charge in [-0.25, -0.2) is 4.79 Å². The lowest BCUT2D eigenvalue weighted by molar-refractivity contribution is -0.144. The molecule has 0 unspecified atom stereocenters. The fourth-order valence-electron chi connectivity index (χ4n) is 4.87. The number of aliphatic carboxylic acids is 4. The fourth-order valence-corrected chi connectivity index (χ4v) is 4.87. The lowest BCUT2D eigenvalue weighted by Crippen LogP contribution is -2.35. The number of hydrogen-bond acceptors (Lipinski definition) is 10. The van der Waals surface area contributed by atoms with Crippen LogP contribution in [-0.2, 0) is 32.3 Å². The summed E-state index contributed by atoms with van der Waals surface area (Å²) in [6.07, 6.45) is 0.